The van der Waals surface area contributed by atoms with Gasteiger partial charge in [-0.3, -0.25) is 9.52 Å². The molecule has 1 saturated heterocycles. The first-order valence-corrected chi connectivity index (χ1v) is 11.6. The Morgan fingerprint density at radius 1 is 1.22 bits per heavy atom. The average molecular weight is 453 g/mol. The number of piperidine rings is 1. The quantitative estimate of drug-likeness (QED) is 0.397. The molecule has 8 heteroatoms. The summed E-state index contributed by atoms with van der Waals surface area (Å²) in [5, 5.41) is 11.6. The Bertz CT molecular complexity index is 1060. The first kappa shape index (κ1) is 22.4. The highest BCUT2D eigenvalue weighted by atomic mass is 32.2. The molecule has 0 unspecified atom stereocenters. The molecule has 7 nitrogen and oxygen atoms in total. The summed E-state index contributed by atoms with van der Waals surface area (Å²) in [6.45, 7) is 5.40. The molecule has 0 saturated carbocycles. The second kappa shape index (κ2) is 9.75. The predicted octanol–water partition coefficient (Wildman–Crippen LogP) is 4.70. The summed E-state index contributed by atoms with van der Waals surface area (Å²) in [5.41, 5.74) is 1.57. The maximum absolute atomic E-state index is 12.8. The van der Waals surface area contributed by atoms with Crippen molar-refractivity contribution >= 4 is 34.7 Å². The lowest BCUT2D eigenvalue weighted by atomic mass is 9.84. The van der Waals surface area contributed by atoms with E-state index in [1.165, 1.54) is 6.33 Å². The van der Waals surface area contributed by atoms with Crippen LogP contribution in [0, 0.1) is 5.92 Å². The second-order valence-electron chi connectivity index (χ2n) is 8.68. The monoisotopic (exact) mass is 452 g/mol. The molecule has 32 heavy (non-hydrogen) atoms. The fraction of sp³-hybridized carbons (Fsp3) is 0.375. The number of carbonyl (C=O) groups is 1. The molecule has 4 rings (SSSR count). The lowest BCUT2D eigenvalue weighted by molar-refractivity contribution is -0.0311. The molecule has 2 aromatic carbocycles. The van der Waals surface area contributed by atoms with E-state index in [1.54, 1.807) is 6.20 Å². The molecule has 0 spiro atoms. The van der Waals surface area contributed by atoms with E-state index in [1.807, 2.05) is 47.4 Å². The van der Waals surface area contributed by atoms with Crippen molar-refractivity contribution in [1.29, 1.82) is 0 Å². The molecule has 1 fully saturated rings. The molecule has 168 valence electrons. The third-order valence-electron chi connectivity index (χ3n) is 5.69. The molecule has 2 heterocycles. The maximum Gasteiger partial charge on any atom is 0.253 e. The van der Waals surface area contributed by atoms with Gasteiger partial charge in [0.15, 0.2) is 18.0 Å². The van der Waals surface area contributed by atoms with Crippen LogP contribution in [0.2, 0.25) is 0 Å². The number of carbonyl (C=O) groups excluding carboxylic acids is 1. The van der Waals surface area contributed by atoms with Gasteiger partial charge in [0.1, 0.15) is 11.8 Å². The van der Waals surface area contributed by atoms with E-state index in [0.717, 1.165) is 35.2 Å². The normalized spacial score (nSPS) is 15.7. The Morgan fingerprint density at radius 2 is 1.97 bits per heavy atom. The van der Waals surface area contributed by atoms with E-state index in [9.17, 15) is 9.90 Å². The largest absolute Gasteiger partial charge is 0.403 e. The van der Waals surface area contributed by atoms with Crippen molar-refractivity contribution in [2.75, 3.05) is 17.8 Å². The van der Waals surface area contributed by atoms with Gasteiger partial charge in [-0.1, -0.05) is 26.0 Å². The van der Waals surface area contributed by atoms with Gasteiger partial charge in [-0.25, -0.2) is 9.97 Å². The van der Waals surface area contributed by atoms with Gasteiger partial charge in [0.2, 0.25) is 0 Å². The molecule has 1 aliphatic heterocycles. The maximum atomic E-state index is 12.8. The SMILES string of the molecule is CC(C)CC1(O)CCN(C(=O)c2ccc(NSOc3cccc4cncnc34)cc2)CC1. The summed E-state index contributed by atoms with van der Waals surface area (Å²) in [5.74, 6) is 1.09. The molecule has 1 amide bonds. The standard InChI is InChI=1S/C24H28N4O3S/c1-17(2)14-24(30)10-12-28(13-11-24)23(29)18-6-8-20(9-7-18)27-32-31-21-5-3-4-19-15-25-16-26-22(19)21/h3-9,15-17,27,30H,10-14H2,1-2H3. The van der Waals surface area contributed by atoms with Crippen molar-refractivity contribution in [3.63, 3.8) is 0 Å². The van der Waals surface area contributed by atoms with Crippen molar-refractivity contribution in [2.45, 2.75) is 38.7 Å². The molecular formula is C24H28N4O3S. The van der Waals surface area contributed by atoms with Crippen LogP contribution in [0.1, 0.15) is 43.5 Å². The number of para-hydroxylation sites is 1. The number of nitrogens with one attached hydrogen (secondary N) is 1. The van der Waals surface area contributed by atoms with Crippen molar-refractivity contribution in [3.05, 3.63) is 60.6 Å². The molecule has 0 atom stereocenters. The van der Waals surface area contributed by atoms with E-state index in [4.69, 9.17) is 4.18 Å². The Kier molecular flexibility index (Phi) is 6.81. The van der Waals surface area contributed by atoms with E-state index >= 15 is 0 Å². The van der Waals surface area contributed by atoms with Crippen molar-refractivity contribution < 1.29 is 14.1 Å². The number of aliphatic hydroxyl groups is 1. The van der Waals surface area contributed by atoms with Crippen LogP contribution in [0.25, 0.3) is 10.9 Å². The van der Waals surface area contributed by atoms with Crippen molar-refractivity contribution in [2.24, 2.45) is 5.92 Å². The first-order valence-electron chi connectivity index (χ1n) is 10.8. The van der Waals surface area contributed by atoms with Gasteiger partial charge in [0.05, 0.1) is 5.60 Å². The van der Waals surface area contributed by atoms with Gasteiger partial charge in [0, 0.05) is 35.9 Å². The Morgan fingerprint density at radius 3 is 2.69 bits per heavy atom. The third-order valence-corrected chi connectivity index (χ3v) is 6.27. The van der Waals surface area contributed by atoms with Crippen molar-refractivity contribution in [1.82, 2.24) is 14.9 Å². The minimum absolute atomic E-state index is 0.00230. The molecule has 1 aromatic heterocycles. The predicted molar refractivity (Wildman–Crippen MR) is 127 cm³/mol. The summed E-state index contributed by atoms with van der Waals surface area (Å²) in [7, 11) is 0. The second-order valence-corrected chi connectivity index (χ2v) is 9.21. The molecule has 0 radical (unpaired) electrons. The number of aromatic nitrogens is 2. The van der Waals surface area contributed by atoms with Crippen LogP contribution >= 0.6 is 12.2 Å². The van der Waals surface area contributed by atoms with Gasteiger partial charge >= 0.3 is 0 Å². The highest BCUT2D eigenvalue weighted by Gasteiger charge is 2.34. The number of rotatable bonds is 7. The van der Waals surface area contributed by atoms with Crippen LogP contribution in [0.15, 0.2) is 55.0 Å². The van der Waals surface area contributed by atoms with Crippen LogP contribution in [-0.4, -0.2) is 44.6 Å². The minimum atomic E-state index is -0.647. The molecule has 2 N–H and O–H groups in total. The number of amides is 1. The van der Waals surface area contributed by atoms with E-state index in [-0.39, 0.29) is 5.91 Å². The molecule has 0 bridgehead atoms. The van der Waals surface area contributed by atoms with Gasteiger partial charge in [-0.05, 0) is 55.5 Å². The van der Waals surface area contributed by atoms with Crippen LogP contribution in [0.5, 0.6) is 5.75 Å². The lowest BCUT2D eigenvalue weighted by Crippen LogP contribution is -2.47. The molecule has 3 aromatic rings. The molecular weight excluding hydrogens is 424 g/mol. The number of likely N-dealkylation sites (tertiary alicyclic amines) is 1. The third kappa shape index (κ3) is 5.31. The zero-order valence-corrected chi connectivity index (χ0v) is 19.1. The number of fused-ring (bicyclic) bond motifs is 1. The van der Waals surface area contributed by atoms with Gasteiger partial charge < -0.3 is 14.2 Å². The highest BCUT2D eigenvalue weighted by molar-refractivity contribution is 7.96. The topological polar surface area (TPSA) is 87.6 Å². The highest BCUT2D eigenvalue weighted by Crippen LogP contribution is 2.30. The number of hydrogen-bond acceptors (Lipinski definition) is 7. The summed E-state index contributed by atoms with van der Waals surface area (Å²) < 4.78 is 8.88. The van der Waals surface area contributed by atoms with Gasteiger partial charge in [0.25, 0.3) is 5.91 Å². The van der Waals surface area contributed by atoms with Crippen LogP contribution in [-0.2, 0) is 0 Å². The molecule has 1 aliphatic rings. The fourth-order valence-corrected chi connectivity index (χ4v) is 4.62. The van der Waals surface area contributed by atoms with Crippen LogP contribution < -0.4 is 8.91 Å². The fourth-order valence-electron chi connectivity index (χ4n) is 4.12. The number of nitrogens with zero attached hydrogens (tertiary/aromatic N) is 3. The minimum Gasteiger partial charge on any atom is -0.403 e. The van der Waals surface area contributed by atoms with E-state index < -0.39 is 5.60 Å². The Balaban J connectivity index is 1.30. The summed E-state index contributed by atoms with van der Waals surface area (Å²) in [6, 6.07) is 13.0. The Hall–Kier alpha value is -2.84. The first-order chi connectivity index (χ1) is 15.4. The van der Waals surface area contributed by atoms with Gasteiger partial charge in [-0.2, -0.15) is 0 Å². The van der Waals surface area contributed by atoms with Crippen LogP contribution in [0.4, 0.5) is 5.69 Å². The zero-order chi connectivity index (χ0) is 22.6. The van der Waals surface area contributed by atoms with Crippen LogP contribution in [0.3, 0.4) is 0 Å². The lowest BCUT2D eigenvalue weighted by Gasteiger charge is -2.39. The number of anilines is 1. The smallest absolute Gasteiger partial charge is 0.253 e. The number of hydrogen-bond donors (Lipinski definition) is 2. The van der Waals surface area contributed by atoms with E-state index in [2.05, 4.69) is 28.5 Å². The number of benzene rings is 2. The van der Waals surface area contributed by atoms with Gasteiger partial charge in [-0.15, -0.1) is 0 Å². The van der Waals surface area contributed by atoms with E-state index in [0.29, 0.717) is 43.2 Å². The zero-order valence-electron chi connectivity index (χ0n) is 18.3. The average Bonchev–Trinajstić information content (AvgIpc) is 2.79. The summed E-state index contributed by atoms with van der Waals surface area (Å²) in [4.78, 5) is 23.0. The summed E-state index contributed by atoms with van der Waals surface area (Å²) in [6.07, 6.45) is 5.28. The molecule has 0 aliphatic carbocycles. The summed E-state index contributed by atoms with van der Waals surface area (Å²) >= 11 is 1.09. The van der Waals surface area contributed by atoms with Crippen molar-refractivity contribution in [3.8, 4) is 5.75 Å². The Labute approximate surface area is 192 Å².